The van der Waals surface area contributed by atoms with E-state index >= 15 is 0 Å². The SMILES string of the molecule is CC(C1CC1(C)C)N(C)C(=O)C(CC(=O)O)NC(=O)OCC1c2ccccc2-c2ccccc21. The lowest BCUT2D eigenvalue weighted by molar-refractivity contribution is -0.143. The van der Waals surface area contributed by atoms with Crippen molar-refractivity contribution in [3.05, 3.63) is 59.7 Å². The van der Waals surface area contributed by atoms with Crippen LogP contribution < -0.4 is 5.32 Å². The lowest BCUT2D eigenvalue weighted by atomic mass is 9.98. The van der Waals surface area contributed by atoms with E-state index in [1.807, 2.05) is 55.5 Å². The second kappa shape index (κ2) is 9.12. The molecule has 1 fully saturated rings. The topological polar surface area (TPSA) is 95.9 Å². The number of amides is 2. The number of alkyl carbamates (subject to hydrolysis) is 1. The number of nitrogens with one attached hydrogen (secondary N) is 1. The van der Waals surface area contributed by atoms with Crippen molar-refractivity contribution < 1.29 is 24.2 Å². The molecule has 2 aromatic rings. The fourth-order valence-corrected chi connectivity index (χ4v) is 5.20. The van der Waals surface area contributed by atoms with Crippen LogP contribution in [0.5, 0.6) is 0 Å². The van der Waals surface area contributed by atoms with Crippen molar-refractivity contribution in [2.24, 2.45) is 11.3 Å². The van der Waals surface area contributed by atoms with Gasteiger partial charge in [-0.2, -0.15) is 0 Å². The summed E-state index contributed by atoms with van der Waals surface area (Å²) in [7, 11) is 1.66. The Morgan fingerprint density at radius 3 is 2.12 bits per heavy atom. The van der Waals surface area contributed by atoms with Crippen molar-refractivity contribution >= 4 is 18.0 Å². The van der Waals surface area contributed by atoms with E-state index in [9.17, 15) is 19.5 Å². The molecule has 7 heteroatoms. The Balaban J connectivity index is 1.42. The van der Waals surface area contributed by atoms with Crippen molar-refractivity contribution in [3.63, 3.8) is 0 Å². The molecule has 0 saturated heterocycles. The summed E-state index contributed by atoms with van der Waals surface area (Å²) in [6, 6.07) is 14.8. The van der Waals surface area contributed by atoms with Gasteiger partial charge in [-0.3, -0.25) is 9.59 Å². The highest BCUT2D eigenvalue weighted by atomic mass is 16.5. The Labute approximate surface area is 200 Å². The van der Waals surface area contributed by atoms with E-state index in [0.717, 1.165) is 28.7 Å². The maximum Gasteiger partial charge on any atom is 0.407 e. The van der Waals surface area contributed by atoms with Gasteiger partial charge in [0.15, 0.2) is 0 Å². The van der Waals surface area contributed by atoms with E-state index in [2.05, 4.69) is 19.2 Å². The number of nitrogens with zero attached hydrogens (tertiary/aromatic N) is 1. The summed E-state index contributed by atoms with van der Waals surface area (Å²) in [6.45, 7) is 6.35. The number of benzene rings is 2. The minimum Gasteiger partial charge on any atom is -0.481 e. The van der Waals surface area contributed by atoms with Crippen LogP contribution in [-0.4, -0.2) is 53.7 Å². The van der Waals surface area contributed by atoms with E-state index in [0.29, 0.717) is 5.92 Å². The van der Waals surface area contributed by atoms with Crippen LogP contribution in [0.2, 0.25) is 0 Å². The first-order chi connectivity index (χ1) is 16.1. The number of carbonyl (C=O) groups is 3. The van der Waals surface area contributed by atoms with Crippen LogP contribution in [0.25, 0.3) is 11.1 Å². The second-order valence-corrected chi connectivity index (χ2v) is 10.1. The van der Waals surface area contributed by atoms with Gasteiger partial charge in [-0.25, -0.2) is 4.79 Å². The third kappa shape index (κ3) is 4.65. The number of ether oxygens (including phenoxy) is 1. The van der Waals surface area contributed by atoms with Crippen LogP contribution in [0.3, 0.4) is 0 Å². The number of carboxylic acids is 1. The van der Waals surface area contributed by atoms with Gasteiger partial charge >= 0.3 is 12.1 Å². The molecule has 1 saturated carbocycles. The molecule has 0 aromatic heterocycles. The van der Waals surface area contributed by atoms with Crippen LogP contribution in [0, 0.1) is 11.3 Å². The monoisotopic (exact) mass is 464 g/mol. The van der Waals surface area contributed by atoms with Gasteiger partial charge in [0.25, 0.3) is 0 Å². The van der Waals surface area contributed by atoms with Gasteiger partial charge in [0.1, 0.15) is 12.6 Å². The van der Waals surface area contributed by atoms with Crippen molar-refractivity contribution in [2.75, 3.05) is 13.7 Å². The van der Waals surface area contributed by atoms with Crippen molar-refractivity contribution in [3.8, 4) is 11.1 Å². The lowest BCUT2D eigenvalue weighted by Crippen LogP contribution is -2.51. The third-order valence-corrected chi connectivity index (χ3v) is 7.44. The first-order valence-corrected chi connectivity index (χ1v) is 11.7. The zero-order valence-corrected chi connectivity index (χ0v) is 20.1. The fraction of sp³-hybridized carbons (Fsp3) is 0.444. The van der Waals surface area contributed by atoms with Gasteiger partial charge < -0.3 is 20.1 Å². The maximum absolute atomic E-state index is 13.1. The van der Waals surface area contributed by atoms with Crippen molar-refractivity contribution in [1.82, 2.24) is 10.2 Å². The van der Waals surface area contributed by atoms with Gasteiger partial charge in [0, 0.05) is 19.0 Å². The van der Waals surface area contributed by atoms with Gasteiger partial charge in [-0.1, -0.05) is 62.4 Å². The molecule has 3 atom stereocenters. The third-order valence-electron chi connectivity index (χ3n) is 7.44. The minimum absolute atomic E-state index is 0.0527. The molecule has 0 radical (unpaired) electrons. The molecule has 0 aliphatic heterocycles. The van der Waals surface area contributed by atoms with Crippen LogP contribution in [0.1, 0.15) is 50.7 Å². The Kier molecular flexibility index (Phi) is 6.39. The molecular weight excluding hydrogens is 432 g/mol. The summed E-state index contributed by atoms with van der Waals surface area (Å²) >= 11 is 0. The zero-order chi connectivity index (χ0) is 24.6. The van der Waals surface area contributed by atoms with Crippen LogP contribution in [0.15, 0.2) is 48.5 Å². The first-order valence-electron chi connectivity index (χ1n) is 11.7. The van der Waals surface area contributed by atoms with Crippen molar-refractivity contribution in [2.45, 2.75) is 51.6 Å². The molecule has 4 rings (SSSR count). The summed E-state index contributed by atoms with van der Waals surface area (Å²) in [4.78, 5) is 38.7. The Hall–Kier alpha value is -3.35. The number of hydrogen-bond acceptors (Lipinski definition) is 4. The smallest absolute Gasteiger partial charge is 0.407 e. The van der Waals surface area contributed by atoms with Crippen molar-refractivity contribution in [1.29, 1.82) is 0 Å². The van der Waals surface area contributed by atoms with E-state index < -0.39 is 30.4 Å². The average Bonchev–Trinajstić information content (AvgIpc) is 3.33. The van der Waals surface area contributed by atoms with E-state index in [1.165, 1.54) is 0 Å². The number of rotatable bonds is 8. The molecular formula is C27H32N2O5. The quantitative estimate of drug-likeness (QED) is 0.609. The number of aliphatic carboxylic acids is 1. The molecule has 3 unspecified atom stereocenters. The summed E-state index contributed by atoms with van der Waals surface area (Å²) in [5.41, 5.74) is 4.55. The molecule has 2 N–H and O–H groups in total. The number of carbonyl (C=O) groups excluding carboxylic acids is 2. The number of likely N-dealkylation sites (N-methyl/N-ethyl adjacent to an activating group) is 1. The highest BCUT2D eigenvalue weighted by Gasteiger charge is 2.50. The molecule has 2 amide bonds. The number of fused-ring (bicyclic) bond motifs is 3. The zero-order valence-electron chi connectivity index (χ0n) is 20.1. The van der Waals surface area contributed by atoms with Gasteiger partial charge in [0.05, 0.1) is 6.42 Å². The molecule has 0 bridgehead atoms. The second-order valence-electron chi connectivity index (χ2n) is 10.1. The predicted molar refractivity (Wildman–Crippen MR) is 128 cm³/mol. The fourth-order valence-electron chi connectivity index (χ4n) is 5.20. The number of hydrogen-bond donors (Lipinski definition) is 2. The normalized spacial score (nSPS) is 19.4. The predicted octanol–water partition coefficient (Wildman–Crippen LogP) is 4.26. The van der Waals surface area contributed by atoms with Crippen LogP contribution >= 0.6 is 0 Å². The highest BCUT2D eigenvalue weighted by molar-refractivity contribution is 5.89. The summed E-state index contributed by atoms with van der Waals surface area (Å²) in [6.07, 6.45) is -0.294. The Bertz CT molecular complexity index is 1070. The first kappa shape index (κ1) is 23.8. The molecule has 2 aliphatic carbocycles. The average molecular weight is 465 g/mol. The molecule has 7 nitrogen and oxygen atoms in total. The lowest BCUT2D eigenvalue weighted by Gasteiger charge is -2.30. The summed E-state index contributed by atoms with van der Waals surface area (Å²) in [5.74, 6) is -1.36. The molecule has 34 heavy (non-hydrogen) atoms. The van der Waals surface area contributed by atoms with Crippen LogP contribution in [-0.2, 0) is 14.3 Å². The van der Waals surface area contributed by atoms with Gasteiger partial charge in [0.2, 0.25) is 5.91 Å². The number of carboxylic acid groups (broad SMARTS) is 1. The molecule has 0 heterocycles. The highest BCUT2D eigenvalue weighted by Crippen LogP contribution is 2.54. The molecule has 0 spiro atoms. The largest absolute Gasteiger partial charge is 0.481 e. The van der Waals surface area contributed by atoms with E-state index in [-0.39, 0.29) is 24.0 Å². The standard InChI is InChI=1S/C27H32N2O5/c1-16(22-14-27(22,2)3)29(4)25(32)23(13-24(30)31)28-26(33)34-15-21-19-11-7-5-9-17(19)18-10-6-8-12-20(18)21/h5-12,16,21-23H,13-15H2,1-4H3,(H,28,33)(H,30,31). The van der Waals surface area contributed by atoms with Crippen LogP contribution in [0.4, 0.5) is 4.79 Å². The van der Waals surface area contributed by atoms with Gasteiger partial charge in [-0.05, 0) is 46.9 Å². The van der Waals surface area contributed by atoms with E-state index in [4.69, 9.17) is 4.74 Å². The minimum atomic E-state index is -1.19. The Morgan fingerprint density at radius 1 is 1.09 bits per heavy atom. The Morgan fingerprint density at radius 2 is 1.62 bits per heavy atom. The molecule has 2 aliphatic rings. The summed E-state index contributed by atoms with van der Waals surface area (Å²) in [5, 5.41) is 11.8. The summed E-state index contributed by atoms with van der Waals surface area (Å²) < 4.78 is 5.52. The van der Waals surface area contributed by atoms with Gasteiger partial charge in [-0.15, -0.1) is 0 Å². The molecule has 180 valence electrons. The van der Waals surface area contributed by atoms with E-state index in [1.54, 1.807) is 11.9 Å². The molecule has 2 aromatic carbocycles. The maximum atomic E-state index is 13.1.